The SMILES string of the molecule is COc1ccc(C)cc1NC(=O)C(OC(=O)Cc1ccccc1[N+](=O)[O-])c1ccccc1. The molecule has 3 aromatic rings. The van der Waals surface area contributed by atoms with Crippen LogP contribution in [-0.4, -0.2) is 23.9 Å². The van der Waals surface area contributed by atoms with Crippen molar-refractivity contribution in [3.8, 4) is 5.75 Å². The summed E-state index contributed by atoms with van der Waals surface area (Å²) >= 11 is 0. The number of nitro benzene ring substituents is 1. The van der Waals surface area contributed by atoms with E-state index in [1.165, 1.54) is 25.3 Å². The number of benzene rings is 3. The minimum Gasteiger partial charge on any atom is -0.495 e. The minimum atomic E-state index is -1.25. The Morgan fingerprint density at radius 2 is 1.72 bits per heavy atom. The van der Waals surface area contributed by atoms with E-state index < -0.39 is 22.9 Å². The van der Waals surface area contributed by atoms with E-state index in [0.717, 1.165) is 5.56 Å². The molecule has 8 nitrogen and oxygen atoms in total. The first-order chi connectivity index (χ1) is 15.4. The maximum Gasteiger partial charge on any atom is 0.311 e. The minimum absolute atomic E-state index is 0.186. The third kappa shape index (κ3) is 5.48. The van der Waals surface area contributed by atoms with Gasteiger partial charge in [-0.1, -0.05) is 54.6 Å². The van der Waals surface area contributed by atoms with Gasteiger partial charge >= 0.3 is 5.97 Å². The number of esters is 1. The second kappa shape index (κ2) is 10.2. The van der Waals surface area contributed by atoms with Crippen LogP contribution in [0.25, 0.3) is 0 Å². The van der Waals surface area contributed by atoms with Crippen molar-refractivity contribution in [3.05, 3.63) is 99.6 Å². The molecule has 3 aromatic carbocycles. The van der Waals surface area contributed by atoms with Gasteiger partial charge in [0.2, 0.25) is 6.10 Å². The summed E-state index contributed by atoms with van der Waals surface area (Å²) in [5, 5.41) is 14.0. The number of hydrogen-bond donors (Lipinski definition) is 1. The number of methoxy groups -OCH3 is 1. The van der Waals surface area contributed by atoms with Gasteiger partial charge in [0.05, 0.1) is 24.1 Å². The number of carbonyl (C=O) groups is 2. The maximum atomic E-state index is 13.1. The fraction of sp³-hybridized carbons (Fsp3) is 0.167. The summed E-state index contributed by atoms with van der Waals surface area (Å²) in [5.74, 6) is -0.877. The van der Waals surface area contributed by atoms with E-state index in [4.69, 9.17) is 9.47 Å². The zero-order chi connectivity index (χ0) is 23.1. The van der Waals surface area contributed by atoms with Gasteiger partial charge in [-0.05, 0) is 24.6 Å². The zero-order valence-corrected chi connectivity index (χ0v) is 17.6. The highest BCUT2D eigenvalue weighted by molar-refractivity contribution is 5.97. The first-order valence-corrected chi connectivity index (χ1v) is 9.81. The van der Waals surface area contributed by atoms with Gasteiger partial charge in [0.15, 0.2) is 0 Å². The Balaban J connectivity index is 1.84. The zero-order valence-electron chi connectivity index (χ0n) is 17.6. The standard InChI is InChI=1S/C24H22N2O6/c1-16-12-13-21(31-2)19(14-16)25-24(28)23(17-8-4-3-5-9-17)32-22(27)15-18-10-6-7-11-20(18)26(29)30/h3-14,23H,15H2,1-2H3,(H,25,28). The number of hydrogen-bond acceptors (Lipinski definition) is 6. The first kappa shape index (κ1) is 22.5. The molecule has 0 fully saturated rings. The Kier molecular flexibility index (Phi) is 7.17. The van der Waals surface area contributed by atoms with Crippen LogP contribution in [0.1, 0.15) is 22.8 Å². The van der Waals surface area contributed by atoms with Crippen molar-refractivity contribution in [1.29, 1.82) is 0 Å². The van der Waals surface area contributed by atoms with Crippen LogP contribution in [0.5, 0.6) is 5.75 Å². The largest absolute Gasteiger partial charge is 0.495 e. The van der Waals surface area contributed by atoms with Crippen LogP contribution in [0.4, 0.5) is 11.4 Å². The van der Waals surface area contributed by atoms with Gasteiger partial charge in [-0.25, -0.2) is 0 Å². The van der Waals surface area contributed by atoms with Crippen molar-refractivity contribution < 1.29 is 24.0 Å². The number of ether oxygens (including phenoxy) is 2. The predicted octanol–water partition coefficient (Wildman–Crippen LogP) is 4.38. The molecule has 8 heteroatoms. The van der Waals surface area contributed by atoms with Gasteiger partial charge in [-0.3, -0.25) is 19.7 Å². The fourth-order valence-corrected chi connectivity index (χ4v) is 3.19. The van der Waals surface area contributed by atoms with Crippen molar-refractivity contribution in [2.24, 2.45) is 0 Å². The Bertz CT molecular complexity index is 1130. The summed E-state index contributed by atoms with van der Waals surface area (Å²) in [5.41, 5.74) is 1.83. The molecule has 0 aliphatic carbocycles. The van der Waals surface area contributed by atoms with Gasteiger partial charge < -0.3 is 14.8 Å². The molecular formula is C24H22N2O6. The molecule has 0 aliphatic rings. The van der Waals surface area contributed by atoms with Gasteiger partial charge in [-0.2, -0.15) is 0 Å². The molecule has 1 amide bonds. The number of carbonyl (C=O) groups excluding carboxylic acids is 2. The normalized spacial score (nSPS) is 11.3. The van der Waals surface area contributed by atoms with Crippen LogP contribution in [0, 0.1) is 17.0 Å². The molecule has 1 atom stereocenters. The molecule has 0 aromatic heterocycles. The molecule has 0 saturated heterocycles. The van der Waals surface area contributed by atoms with Crippen LogP contribution in [0.3, 0.4) is 0 Å². The van der Waals surface area contributed by atoms with E-state index in [0.29, 0.717) is 17.0 Å². The van der Waals surface area contributed by atoms with Crippen molar-refractivity contribution >= 4 is 23.3 Å². The van der Waals surface area contributed by atoms with E-state index >= 15 is 0 Å². The summed E-state index contributed by atoms with van der Waals surface area (Å²) in [6, 6.07) is 19.8. The van der Waals surface area contributed by atoms with E-state index in [1.54, 1.807) is 48.5 Å². The van der Waals surface area contributed by atoms with E-state index in [1.807, 2.05) is 13.0 Å². The number of amides is 1. The van der Waals surface area contributed by atoms with Crippen molar-refractivity contribution in [3.63, 3.8) is 0 Å². The molecule has 164 valence electrons. The number of nitrogens with zero attached hydrogens (tertiary/aromatic N) is 1. The van der Waals surface area contributed by atoms with E-state index in [9.17, 15) is 19.7 Å². The molecule has 0 radical (unpaired) electrons. The lowest BCUT2D eigenvalue weighted by atomic mass is 10.1. The number of aryl methyl sites for hydroxylation is 1. The van der Waals surface area contributed by atoms with Crippen LogP contribution in [-0.2, 0) is 20.7 Å². The maximum absolute atomic E-state index is 13.1. The molecule has 0 bridgehead atoms. The molecule has 0 spiro atoms. The van der Waals surface area contributed by atoms with Gasteiger partial charge in [0, 0.05) is 17.2 Å². The number of nitrogens with one attached hydrogen (secondary N) is 1. The molecule has 32 heavy (non-hydrogen) atoms. The average Bonchev–Trinajstić information content (AvgIpc) is 2.78. The third-order valence-electron chi connectivity index (χ3n) is 4.73. The number of nitro groups is 1. The highest BCUT2D eigenvalue weighted by Gasteiger charge is 2.27. The van der Waals surface area contributed by atoms with Crippen LogP contribution < -0.4 is 10.1 Å². The van der Waals surface area contributed by atoms with Crippen LogP contribution >= 0.6 is 0 Å². The Labute approximate surface area is 184 Å². The summed E-state index contributed by atoms with van der Waals surface area (Å²) in [6.45, 7) is 1.87. The Morgan fingerprint density at radius 1 is 1.03 bits per heavy atom. The number of anilines is 1. The second-order valence-electron chi connectivity index (χ2n) is 7.04. The number of para-hydroxylation sites is 1. The third-order valence-corrected chi connectivity index (χ3v) is 4.73. The Morgan fingerprint density at radius 3 is 2.41 bits per heavy atom. The Hall–Kier alpha value is -4.20. The molecular weight excluding hydrogens is 412 g/mol. The summed E-state index contributed by atoms with van der Waals surface area (Å²) in [7, 11) is 1.49. The molecule has 1 N–H and O–H groups in total. The van der Waals surface area contributed by atoms with E-state index in [-0.39, 0.29) is 17.7 Å². The smallest absolute Gasteiger partial charge is 0.311 e. The van der Waals surface area contributed by atoms with Crippen molar-refractivity contribution in [2.75, 3.05) is 12.4 Å². The predicted molar refractivity (Wildman–Crippen MR) is 118 cm³/mol. The van der Waals surface area contributed by atoms with Crippen LogP contribution in [0.2, 0.25) is 0 Å². The van der Waals surface area contributed by atoms with Crippen LogP contribution in [0.15, 0.2) is 72.8 Å². The summed E-state index contributed by atoms with van der Waals surface area (Å²) in [6.07, 6.45) is -1.60. The average molecular weight is 434 g/mol. The van der Waals surface area contributed by atoms with Gasteiger partial charge in [0.25, 0.3) is 11.6 Å². The molecule has 0 heterocycles. The lowest BCUT2D eigenvalue weighted by molar-refractivity contribution is -0.385. The van der Waals surface area contributed by atoms with Gasteiger partial charge in [0.1, 0.15) is 5.75 Å². The van der Waals surface area contributed by atoms with Gasteiger partial charge in [-0.15, -0.1) is 0 Å². The lowest BCUT2D eigenvalue weighted by Crippen LogP contribution is -2.26. The fourth-order valence-electron chi connectivity index (χ4n) is 3.19. The topological polar surface area (TPSA) is 108 Å². The second-order valence-corrected chi connectivity index (χ2v) is 7.04. The quantitative estimate of drug-likeness (QED) is 0.320. The van der Waals surface area contributed by atoms with E-state index in [2.05, 4.69) is 5.32 Å². The van der Waals surface area contributed by atoms with Crippen molar-refractivity contribution in [1.82, 2.24) is 0 Å². The first-order valence-electron chi connectivity index (χ1n) is 9.81. The molecule has 1 unspecified atom stereocenters. The molecule has 3 rings (SSSR count). The molecule has 0 saturated carbocycles. The summed E-state index contributed by atoms with van der Waals surface area (Å²) in [4.78, 5) is 36.4. The summed E-state index contributed by atoms with van der Waals surface area (Å²) < 4.78 is 10.8. The van der Waals surface area contributed by atoms with Crippen molar-refractivity contribution in [2.45, 2.75) is 19.4 Å². The number of rotatable bonds is 8. The highest BCUT2D eigenvalue weighted by Crippen LogP contribution is 2.28. The highest BCUT2D eigenvalue weighted by atomic mass is 16.6. The molecule has 0 aliphatic heterocycles. The lowest BCUT2D eigenvalue weighted by Gasteiger charge is -2.19. The monoisotopic (exact) mass is 434 g/mol.